The number of nitrogens with one attached hydrogen (secondary N) is 1. The van der Waals surface area contributed by atoms with Gasteiger partial charge in [-0.3, -0.25) is 0 Å². The molecule has 2 heterocycles. The molecule has 116 valence electrons. The monoisotopic (exact) mass is 290 g/mol. The summed E-state index contributed by atoms with van der Waals surface area (Å²) in [5, 5.41) is 3.45. The summed E-state index contributed by atoms with van der Waals surface area (Å²) in [7, 11) is 2.04. The molecule has 0 aromatic heterocycles. The molecule has 4 heteroatoms. The maximum atomic E-state index is 5.70. The topological polar surface area (TPSA) is 33.7 Å². The number of ether oxygens (including phenoxy) is 2. The van der Waals surface area contributed by atoms with Crippen LogP contribution in [0.2, 0.25) is 0 Å². The average Bonchev–Trinajstić information content (AvgIpc) is 3.00. The number of hydrogen-bond donors (Lipinski definition) is 1. The van der Waals surface area contributed by atoms with Gasteiger partial charge in [0, 0.05) is 19.1 Å². The van der Waals surface area contributed by atoms with Crippen molar-refractivity contribution in [3.05, 3.63) is 23.8 Å². The van der Waals surface area contributed by atoms with E-state index in [9.17, 15) is 0 Å². The number of rotatable bonds is 5. The third-order valence-corrected chi connectivity index (χ3v) is 4.71. The van der Waals surface area contributed by atoms with Gasteiger partial charge in [0.1, 0.15) is 13.2 Å². The summed E-state index contributed by atoms with van der Waals surface area (Å²) in [6.45, 7) is 7.11. The third kappa shape index (κ3) is 3.33. The van der Waals surface area contributed by atoms with Gasteiger partial charge in [-0.15, -0.1) is 0 Å². The zero-order chi connectivity index (χ0) is 14.7. The molecule has 0 spiro atoms. The Balaban J connectivity index is 1.68. The van der Waals surface area contributed by atoms with Crippen LogP contribution in [0.5, 0.6) is 11.5 Å². The number of fused-ring (bicyclic) bond motifs is 1. The molecule has 0 amide bonds. The molecule has 21 heavy (non-hydrogen) atoms. The van der Waals surface area contributed by atoms with Gasteiger partial charge >= 0.3 is 0 Å². The average molecular weight is 290 g/mol. The molecule has 2 atom stereocenters. The van der Waals surface area contributed by atoms with E-state index in [4.69, 9.17) is 9.47 Å². The highest BCUT2D eigenvalue weighted by atomic mass is 16.6. The van der Waals surface area contributed by atoms with Gasteiger partial charge in [0.15, 0.2) is 11.5 Å². The predicted molar refractivity (Wildman–Crippen MR) is 84.1 cm³/mol. The van der Waals surface area contributed by atoms with Crippen LogP contribution in [0.1, 0.15) is 31.4 Å². The van der Waals surface area contributed by atoms with E-state index in [1.54, 1.807) is 0 Å². The lowest BCUT2D eigenvalue weighted by molar-refractivity contribution is 0.171. The van der Waals surface area contributed by atoms with E-state index in [2.05, 4.69) is 29.3 Å². The fraction of sp³-hybridized carbons (Fsp3) is 0.647. The minimum Gasteiger partial charge on any atom is -0.486 e. The van der Waals surface area contributed by atoms with Crippen molar-refractivity contribution in [3.63, 3.8) is 0 Å². The van der Waals surface area contributed by atoms with E-state index in [-0.39, 0.29) is 0 Å². The minimum absolute atomic E-state index is 0.344. The van der Waals surface area contributed by atoms with E-state index >= 15 is 0 Å². The second-order valence-corrected chi connectivity index (χ2v) is 6.07. The Morgan fingerprint density at radius 3 is 2.81 bits per heavy atom. The van der Waals surface area contributed by atoms with E-state index in [0.717, 1.165) is 24.0 Å². The van der Waals surface area contributed by atoms with Crippen molar-refractivity contribution in [1.82, 2.24) is 10.2 Å². The lowest BCUT2D eigenvalue weighted by Gasteiger charge is -2.25. The zero-order valence-corrected chi connectivity index (χ0v) is 13.1. The first-order valence-corrected chi connectivity index (χ1v) is 8.09. The van der Waals surface area contributed by atoms with Gasteiger partial charge in [-0.2, -0.15) is 0 Å². The van der Waals surface area contributed by atoms with Gasteiger partial charge in [-0.25, -0.2) is 0 Å². The van der Waals surface area contributed by atoms with Gasteiger partial charge in [0.05, 0.1) is 0 Å². The van der Waals surface area contributed by atoms with E-state index in [1.165, 1.54) is 31.5 Å². The number of benzene rings is 1. The molecule has 1 N–H and O–H groups in total. The molecule has 3 rings (SSSR count). The molecule has 0 saturated carbocycles. The van der Waals surface area contributed by atoms with Crippen LogP contribution >= 0.6 is 0 Å². The number of likely N-dealkylation sites (N-methyl/N-ethyl adjacent to an activating group) is 1. The van der Waals surface area contributed by atoms with Crippen molar-refractivity contribution >= 4 is 0 Å². The number of nitrogens with zero attached hydrogens (tertiary/aromatic N) is 1. The van der Waals surface area contributed by atoms with Gasteiger partial charge in [0.2, 0.25) is 0 Å². The molecule has 2 aliphatic heterocycles. The molecule has 0 bridgehead atoms. The van der Waals surface area contributed by atoms with Crippen molar-refractivity contribution in [2.24, 2.45) is 5.92 Å². The van der Waals surface area contributed by atoms with Crippen LogP contribution in [0, 0.1) is 5.92 Å². The van der Waals surface area contributed by atoms with Crippen molar-refractivity contribution in [3.8, 4) is 11.5 Å². The highest BCUT2D eigenvalue weighted by Crippen LogP contribution is 2.33. The largest absolute Gasteiger partial charge is 0.486 e. The second-order valence-electron chi connectivity index (χ2n) is 6.07. The van der Waals surface area contributed by atoms with Crippen LogP contribution in [0.4, 0.5) is 0 Å². The predicted octanol–water partition coefficient (Wildman–Crippen LogP) is 2.45. The minimum atomic E-state index is 0.344. The van der Waals surface area contributed by atoms with Crippen molar-refractivity contribution < 1.29 is 9.47 Å². The van der Waals surface area contributed by atoms with Gasteiger partial charge < -0.3 is 19.7 Å². The molecule has 1 fully saturated rings. The molecule has 1 aromatic rings. The summed E-state index contributed by atoms with van der Waals surface area (Å²) < 4.78 is 11.3. The van der Waals surface area contributed by atoms with Crippen molar-refractivity contribution in [2.45, 2.75) is 25.8 Å². The standard InChI is InChI=1S/C17H26N2O2/c1-3-13-6-7-19(11-13)12-15(18-2)14-4-5-16-17(10-14)21-9-8-20-16/h4-5,10,13,15,18H,3,6-9,11-12H2,1-2H3. The van der Waals surface area contributed by atoms with Crippen LogP contribution in [0.3, 0.4) is 0 Å². The van der Waals surface area contributed by atoms with Crippen LogP contribution in [-0.4, -0.2) is 44.8 Å². The maximum absolute atomic E-state index is 5.70. The molecular weight excluding hydrogens is 264 g/mol. The second kappa shape index (κ2) is 6.67. The summed E-state index contributed by atoms with van der Waals surface area (Å²) >= 11 is 0. The summed E-state index contributed by atoms with van der Waals surface area (Å²) in [6, 6.07) is 6.66. The smallest absolute Gasteiger partial charge is 0.161 e. The Bertz CT molecular complexity index is 478. The van der Waals surface area contributed by atoms with E-state index in [0.29, 0.717) is 19.3 Å². The van der Waals surface area contributed by atoms with Gasteiger partial charge in [0.25, 0.3) is 0 Å². The molecule has 2 unspecified atom stereocenters. The highest BCUT2D eigenvalue weighted by Gasteiger charge is 2.24. The van der Waals surface area contributed by atoms with Crippen LogP contribution in [0.25, 0.3) is 0 Å². The number of hydrogen-bond acceptors (Lipinski definition) is 4. The van der Waals surface area contributed by atoms with Crippen molar-refractivity contribution in [1.29, 1.82) is 0 Å². The molecule has 0 aliphatic carbocycles. The van der Waals surface area contributed by atoms with E-state index in [1.807, 2.05) is 13.1 Å². The highest BCUT2D eigenvalue weighted by molar-refractivity contribution is 5.44. The van der Waals surface area contributed by atoms with Crippen LogP contribution < -0.4 is 14.8 Å². The molecular formula is C17H26N2O2. The molecule has 1 saturated heterocycles. The van der Waals surface area contributed by atoms with Crippen molar-refractivity contribution in [2.75, 3.05) is 39.9 Å². The first-order chi connectivity index (χ1) is 10.3. The Kier molecular flexibility index (Phi) is 4.66. The Morgan fingerprint density at radius 1 is 1.29 bits per heavy atom. The quantitative estimate of drug-likeness (QED) is 0.903. The SMILES string of the molecule is CCC1CCN(CC(NC)c2ccc3c(c2)OCCO3)C1. The fourth-order valence-corrected chi connectivity index (χ4v) is 3.31. The summed E-state index contributed by atoms with van der Waals surface area (Å²) in [5.41, 5.74) is 1.28. The molecule has 4 nitrogen and oxygen atoms in total. The molecule has 1 aromatic carbocycles. The normalized spacial score (nSPS) is 23.2. The van der Waals surface area contributed by atoms with Gasteiger partial charge in [-0.05, 0) is 43.6 Å². The van der Waals surface area contributed by atoms with E-state index < -0.39 is 0 Å². The lowest BCUT2D eigenvalue weighted by atomic mass is 10.1. The molecule has 0 radical (unpaired) electrons. The van der Waals surface area contributed by atoms with Crippen LogP contribution in [0.15, 0.2) is 18.2 Å². The summed E-state index contributed by atoms with van der Waals surface area (Å²) in [6.07, 6.45) is 2.64. The first kappa shape index (κ1) is 14.7. The van der Waals surface area contributed by atoms with Crippen LogP contribution in [-0.2, 0) is 0 Å². The zero-order valence-electron chi connectivity index (χ0n) is 13.1. The summed E-state index contributed by atoms with van der Waals surface area (Å²) in [5.74, 6) is 2.63. The Hall–Kier alpha value is -1.26. The summed E-state index contributed by atoms with van der Waals surface area (Å²) in [4.78, 5) is 2.58. The Morgan fingerprint density at radius 2 is 2.10 bits per heavy atom. The third-order valence-electron chi connectivity index (χ3n) is 4.71. The molecule has 2 aliphatic rings. The number of likely N-dealkylation sites (tertiary alicyclic amines) is 1. The lowest BCUT2D eigenvalue weighted by Crippen LogP contribution is -2.32. The Labute approximate surface area is 127 Å². The maximum Gasteiger partial charge on any atom is 0.161 e. The first-order valence-electron chi connectivity index (χ1n) is 8.09. The fourth-order valence-electron chi connectivity index (χ4n) is 3.31. The van der Waals surface area contributed by atoms with Gasteiger partial charge in [-0.1, -0.05) is 19.4 Å².